The molecule has 0 aromatic carbocycles. The third-order valence-corrected chi connectivity index (χ3v) is 6.96. The first-order valence-electron chi connectivity index (χ1n) is 9.15. The molecular weight excluding hydrogens is 336 g/mol. The van der Waals surface area contributed by atoms with Gasteiger partial charge in [0.25, 0.3) is 0 Å². The van der Waals surface area contributed by atoms with Crippen LogP contribution in [-0.2, 0) is 24.0 Å². The second-order valence-electron chi connectivity index (χ2n) is 7.84. The highest BCUT2D eigenvalue weighted by Crippen LogP contribution is 2.66. The highest BCUT2D eigenvalue weighted by molar-refractivity contribution is 6.13. The van der Waals surface area contributed by atoms with Crippen LogP contribution < -0.4 is 0 Å². The lowest BCUT2D eigenvalue weighted by molar-refractivity contribution is -0.148. The Labute approximate surface area is 151 Å². The first kappa shape index (κ1) is 17.1. The van der Waals surface area contributed by atoms with Gasteiger partial charge >= 0.3 is 0 Å². The number of nitrogens with zero attached hydrogens (tertiary/aromatic N) is 2. The van der Waals surface area contributed by atoms with Gasteiger partial charge in [0.2, 0.25) is 23.6 Å². The molecule has 0 spiro atoms. The first-order valence-corrected chi connectivity index (χ1v) is 9.15. The Hall–Kier alpha value is -2.31. The smallest absolute Gasteiger partial charge is 0.234 e. The molecule has 2 heterocycles. The van der Waals surface area contributed by atoms with Gasteiger partial charge in [-0.05, 0) is 26.3 Å². The predicted molar refractivity (Wildman–Crippen MR) is 89.1 cm³/mol. The molecule has 2 saturated heterocycles. The van der Waals surface area contributed by atoms with E-state index in [0.29, 0.717) is 5.57 Å². The van der Waals surface area contributed by atoms with Crippen LogP contribution >= 0.6 is 0 Å². The van der Waals surface area contributed by atoms with Crippen molar-refractivity contribution >= 4 is 29.4 Å². The average Bonchev–Trinajstić information content (AvgIpc) is 3.01. The minimum atomic E-state index is -1.12. The highest BCUT2D eigenvalue weighted by Gasteiger charge is 2.74. The molecule has 4 amide bonds. The van der Waals surface area contributed by atoms with Crippen LogP contribution in [0.3, 0.4) is 0 Å². The van der Waals surface area contributed by atoms with E-state index in [-0.39, 0.29) is 42.5 Å². The highest BCUT2D eigenvalue weighted by atomic mass is 16.2. The fraction of sp³-hybridized carbons (Fsp3) is 0.632. The molecule has 3 aliphatic carbocycles. The number of ketones is 1. The van der Waals surface area contributed by atoms with Crippen molar-refractivity contribution < 1.29 is 24.0 Å². The SMILES string of the molecule is CCN1C(=O)[C@@H]2C3C=C(C(C)=O)C(C)([C@@H]2C1=O)[C@H]1C(=O)N(CC)C(=O)[C@@H]31. The Bertz CT molecular complexity index is 765. The molecule has 26 heavy (non-hydrogen) atoms. The molecule has 7 heteroatoms. The van der Waals surface area contributed by atoms with Crippen LogP contribution in [0.4, 0.5) is 0 Å². The summed E-state index contributed by atoms with van der Waals surface area (Å²) in [7, 11) is 0. The number of carbonyl (C=O) groups is 5. The number of Topliss-reactive ketones (excluding diaryl/α,β-unsaturated/α-hetero) is 1. The van der Waals surface area contributed by atoms with Gasteiger partial charge in [-0.1, -0.05) is 13.0 Å². The molecule has 2 aliphatic heterocycles. The number of hydrogen-bond acceptors (Lipinski definition) is 5. The maximum Gasteiger partial charge on any atom is 0.234 e. The summed E-state index contributed by atoms with van der Waals surface area (Å²) in [5, 5.41) is 0. The Kier molecular flexibility index (Phi) is 3.37. The van der Waals surface area contributed by atoms with E-state index in [1.54, 1.807) is 26.8 Å². The lowest BCUT2D eigenvalue weighted by Gasteiger charge is -2.54. The van der Waals surface area contributed by atoms with Gasteiger partial charge < -0.3 is 0 Å². The molecular formula is C19H22N2O5. The fourth-order valence-electron chi connectivity index (χ4n) is 5.99. The molecule has 6 atom stereocenters. The Balaban J connectivity index is 1.97. The van der Waals surface area contributed by atoms with E-state index in [0.717, 1.165) is 0 Å². The van der Waals surface area contributed by atoms with Crippen molar-refractivity contribution in [1.29, 1.82) is 0 Å². The number of amides is 4. The van der Waals surface area contributed by atoms with Crippen LogP contribution in [0, 0.1) is 35.0 Å². The zero-order valence-corrected chi connectivity index (χ0v) is 15.3. The molecule has 0 aromatic rings. The van der Waals surface area contributed by atoms with Crippen LogP contribution in [0.25, 0.3) is 0 Å². The van der Waals surface area contributed by atoms with Gasteiger partial charge in [0.15, 0.2) is 5.78 Å². The van der Waals surface area contributed by atoms with Crippen LogP contribution in [-0.4, -0.2) is 52.3 Å². The van der Waals surface area contributed by atoms with Gasteiger partial charge in [-0.25, -0.2) is 0 Å². The fourth-order valence-corrected chi connectivity index (χ4v) is 5.99. The van der Waals surface area contributed by atoms with Crippen molar-refractivity contribution in [2.45, 2.75) is 27.7 Å². The van der Waals surface area contributed by atoms with E-state index in [1.165, 1.54) is 16.7 Å². The van der Waals surface area contributed by atoms with Gasteiger partial charge in [-0.3, -0.25) is 33.8 Å². The summed E-state index contributed by atoms with van der Waals surface area (Å²) >= 11 is 0. The van der Waals surface area contributed by atoms with Crippen molar-refractivity contribution in [1.82, 2.24) is 9.80 Å². The molecule has 138 valence electrons. The van der Waals surface area contributed by atoms with Crippen LogP contribution in [0.2, 0.25) is 0 Å². The standard InChI is InChI=1S/C19H22N2O5/c1-5-20-15(23)11-9-7-10(8(3)22)19(4,13(11)17(20)25)14-12(9)16(24)21(6-2)18(14)26/h7,9,11-14H,5-6H2,1-4H3/t9?,11-,12+,13+,14-,19?. The van der Waals surface area contributed by atoms with E-state index in [1.807, 2.05) is 0 Å². The lowest BCUT2D eigenvalue weighted by Crippen LogP contribution is -2.59. The van der Waals surface area contributed by atoms with Gasteiger partial charge in [-0.15, -0.1) is 0 Å². The lowest BCUT2D eigenvalue weighted by atomic mass is 9.44. The average molecular weight is 358 g/mol. The maximum atomic E-state index is 13.0. The number of imide groups is 2. The van der Waals surface area contributed by atoms with E-state index < -0.39 is 35.0 Å². The number of rotatable bonds is 3. The second kappa shape index (κ2) is 5.11. The quantitative estimate of drug-likeness (QED) is 0.681. The van der Waals surface area contributed by atoms with E-state index >= 15 is 0 Å². The van der Waals surface area contributed by atoms with Crippen molar-refractivity contribution in [2.75, 3.05) is 13.1 Å². The predicted octanol–water partition coefficient (Wildman–Crippen LogP) is 0.394. The van der Waals surface area contributed by atoms with Crippen LogP contribution in [0.1, 0.15) is 27.7 Å². The Morgan fingerprint density at radius 1 is 0.923 bits per heavy atom. The largest absolute Gasteiger partial charge is 0.295 e. The molecule has 3 fully saturated rings. The van der Waals surface area contributed by atoms with Crippen molar-refractivity contribution in [3.8, 4) is 0 Å². The summed E-state index contributed by atoms with van der Waals surface area (Å²) in [5.41, 5.74) is -0.702. The molecule has 2 unspecified atom stereocenters. The summed E-state index contributed by atoms with van der Waals surface area (Å²) in [6.07, 6.45) is 1.71. The minimum absolute atomic E-state index is 0.209. The Morgan fingerprint density at radius 3 is 1.69 bits per heavy atom. The molecule has 0 aromatic heterocycles. The minimum Gasteiger partial charge on any atom is -0.295 e. The third-order valence-electron chi connectivity index (χ3n) is 6.96. The number of hydrogen-bond donors (Lipinski definition) is 0. The molecule has 0 N–H and O–H groups in total. The topological polar surface area (TPSA) is 91.8 Å². The second-order valence-corrected chi connectivity index (χ2v) is 7.84. The molecule has 7 nitrogen and oxygen atoms in total. The van der Waals surface area contributed by atoms with Gasteiger partial charge in [-0.2, -0.15) is 0 Å². The molecule has 2 bridgehead atoms. The zero-order chi connectivity index (χ0) is 19.1. The van der Waals surface area contributed by atoms with E-state index in [9.17, 15) is 24.0 Å². The van der Waals surface area contributed by atoms with Crippen molar-refractivity contribution in [3.05, 3.63) is 11.6 Å². The normalized spacial score (nSPS) is 40.9. The van der Waals surface area contributed by atoms with Crippen LogP contribution in [0.15, 0.2) is 11.6 Å². The summed E-state index contributed by atoms with van der Waals surface area (Å²) < 4.78 is 0. The zero-order valence-electron chi connectivity index (χ0n) is 15.3. The Morgan fingerprint density at radius 2 is 1.35 bits per heavy atom. The van der Waals surface area contributed by atoms with Crippen molar-refractivity contribution in [2.24, 2.45) is 35.0 Å². The first-order chi connectivity index (χ1) is 12.2. The van der Waals surface area contributed by atoms with Gasteiger partial charge in [0.1, 0.15) is 0 Å². The summed E-state index contributed by atoms with van der Waals surface area (Å²) in [6, 6.07) is 0. The number of allylic oxidation sites excluding steroid dienone is 2. The monoisotopic (exact) mass is 358 g/mol. The molecule has 0 radical (unpaired) electrons. The van der Waals surface area contributed by atoms with Crippen molar-refractivity contribution in [3.63, 3.8) is 0 Å². The summed E-state index contributed by atoms with van der Waals surface area (Å²) in [4.78, 5) is 66.6. The maximum absolute atomic E-state index is 13.0. The number of carbonyl (C=O) groups excluding carboxylic acids is 5. The van der Waals surface area contributed by atoms with Gasteiger partial charge in [0, 0.05) is 24.4 Å². The third kappa shape index (κ3) is 1.62. The summed E-state index contributed by atoms with van der Waals surface area (Å²) in [6.45, 7) is 7.10. The summed E-state index contributed by atoms with van der Waals surface area (Å²) in [5.74, 6) is -4.83. The molecule has 1 saturated carbocycles. The van der Waals surface area contributed by atoms with Gasteiger partial charge in [0.05, 0.1) is 23.7 Å². The number of likely N-dealkylation sites (tertiary alicyclic amines) is 2. The van der Waals surface area contributed by atoms with E-state index in [2.05, 4.69) is 0 Å². The van der Waals surface area contributed by atoms with E-state index in [4.69, 9.17) is 0 Å². The molecule has 5 aliphatic rings. The molecule has 5 rings (SSSR count). The van der Waals surface area contributed by atoms with Crippen LogP contribution in [0.5, 0.6) is 0 Å².